The minimum atomic E-state index is 0.171. The van der Waals surface area contributed by atoms with E-state index in [1.54, 1.807) is 0 Å². The Morgan fingerprint density at radius 3 is 2.88 bits per heavy atom. The van der Waals surface area contributed by atoms with Crippen LogP contribution in [0.4, 0.5) is 17.3 Å². The molecule has 168 valence electrons. The molecule has 1 saturated heterocycles. The van der Waals surface area contributed by atoms with Crippen LogP contribution >= 0.6 is 0 Å². The van der Waals surface area contributed by atoms with Crippen LogP contribution in [0.5, 0.6) is 5.88 Å². The molecule has 8 nitrogen and oxygen atoms in total. The number of anilines is 3. The monoisotopic (exact) mass is 434 g/mol. The van der Waals surface area contributed by atoms with Gasteiger partial charge in [-0.1, -0.05) is 19.1 Å². The molecule has 32 heavy (non-hydrogen) atoms. The minimum Gasteiger partial charge on any atom is -0.476 e. The highest BCUT2D eigenvalue weighted by Gasteiger charge is 2.33. The molecule has 0 aliphatic carbocycles. The molecule has 2 aliphatic heterocycles. The molecule has 1 fully saturated rings. The molecule has 2 aromatic heterocycles. The largest absolute Gasteiger partial charge is 0.476 e. The van der Waals surface area contributed by atoms with Crippen LogP contribution in [-0.2, 0) is 17.7 Å². The van der Waals surface area contributed by atoms with Gasteiger partial charge >= 0.3 is 0 Å². The van der Waals surface area contributed by atoms with E-state index in [0.717, 1.165) is 67.2 Å². The summed E-state index contributed by atoms with van der Waals surface area (Å²) in [7, 11) is 2.13. The van der Waals surface area contributed by atoms with Crippen LogP contribution in [0.3, 0.4) is 0 Å². The topological polar surface area (TPSA) is 84.4 Å². The second-order valence-corrected chi connectivity index (χ2v) is 9.09. The standard InChI is InChI=1S/C24H30N6O2/c1-4-32-22-20(10-17-12-30(3)9-8-18(17)27-22)28-23-25-11-16-6-5-7-19(21(16)29-23)26-13-24(2)14-31-15-24/h5-7,10-11,26H,4,8-9,12-15H2,1-3H3,(H,25,28,29). The van der Waals surface area contributed by atoms with Crippen LogP contribution in [0.2, 0.25) is 0 Å². The van der Waals surface area contributed by atoms with Crippen LogP contribution in [0.1, 0.15) is 25.1 Å². The lowest BCUT2D eigenvalue weighted by atomic mass is 9.88. The fraction of sp³-hybridized carbons (Fsp3) is 0.458. The van der Waals surface area contributed by atoms with E-state index in [-0.39, 0.29) is 5.41 Å². The van der Waals surface area contributed by atoms with Crippen molar-refractivity contribution in [2.45, 2.75) is 26.8 Å². The molecular weight excluding hydrogens is 404 g/mol. The van der Waals surface area contributed by atoms with Gasteiger partial charge in [0.2, 0.25) is 11.8 Å². The molecule has 4 heterocycles. The lowest BCUT2D eigenvalue weighted by Crippen LogP contribution is -2.45. The minimum absolute atomic E-state index is 0.171. The van der Waals surface area contributed by atoms with Gasteiger partial charge in [-0.15, -0.1) is 0 Å². The molecule has 0 atom stereocenters. The van der Waals surface area contributed by atoms with Crippen LogP contribution in [-0.4, -0.2) is 59.8 Å². The number of para-hydroxylation sites is 1. The van der Waals surface area contributed by atoms with Gasteiger partial charge in [-0.05, 0) is 31.7 Å². The highest BCUT2D eigenvalue weighted by molar-refractivity contribution is 5.90. The Morgan fingerprint density at radius 1 is 1.22 bits per heavy atom. The van der Waals surface area contributed by atoms with Gasteiger partial charge in [0, 0.05) is 43.1 Å². The maximum Gasteiger partial charge on any atom is 0.238 e. The Morgan fingerprint density at radius 2 is 2.09 bits per heavy atom. The van der Waals surface area contributed by atoms with Gasteiger partial charge in [-0.2, -0.15) is 0 Å². The predicted molar refractivity (Wildman–Crippen MR) is 126 cm³/mol. The maximum atomic E-state index is 5.84. The second kappa shape index (κ2) is 8.52. The number of benzene rings is 1. The van der Waals surface area contributed by atoms with Gasteiger partial charge < -0.3 is 25.0 Å². The molecule has 3 aromatic rings. The summed E-state index contributed by atoms with van der Waals surface area (Å²) in [5.41, 5.74) is 5.17. The van der Waals surface area contributed by atoms with E-state index >= 15 is 0 Å². The van der Waals surface area contributed by atoms with E-state index in [2.05, 4.69) is 46.6 Å². The van der Waals surface area contributed by atoms with Gasteiger partial charge in [-0.25, -0.2) is 15.0 Å². The van der Waals surface area contributed by atoms with Gasteiger partial charge in [0.1, 0.15) is 5.69 Å². The van der Waals surface area contributed by atoms with Crippen LogP contribution < -0.4 is 15.4 Å². The zero-order valence-corrected chi connectivity index (χ0v) is 18.9. The molecule has 5 rings (SSSR count). The highest BCUT2D eigenvalue weighted by atomic mass is 16.5. The molecule has 0 amide bonds. The third kappa shape index (κ3) is 4.20. The van der Waals surface area contributed by atoms with Crippen molar-refractivity contribution in [3.05, 3.63) is 41.7 Å². The van der Waals surface area contributed by atoms with E-state index < -0.39 is 0 Å². The Hall–Kier alpha value is -2.97. The number of nitrogens with zero attached hydrogens (tertiary/aromatic N) is 4. The number of fused-ring (bicyclic) bond motifs is 2. The lowest BCUT2D eigenvalue weighted by Gasteiger charge is -2.38. The molecule has 8 heteroatoms. The SMILES string of the molecule is CCOc1nc2c(cc1Nc1ncc3cccc(NCC4(C)COC4)c3n1)CN(C)CC2. The summed E-state index contributed by atoms with van der Waals surface area (Å²) in [6.07, 6.45) is 2.78. The summed E-state index contributed by atoms with van der Waals surface area (Å²) < 4.78 is 11.2. The Kier molecular flexibility index (Phi) is 5.57. The fourth-order valence-corrected chi connectivity index (χ4v) is 4.17. The van der Waals surface area contributed by atoms with Gasteiger partial charge in [0.25, 0.3) is 0 Å². The van der Waals surface area contributed by atoms with Gasteiger partial charge in [0.15, 0.2) is 0 Å². The third-order valence-electron chi connectivity index (χ3n) is 6.07. The molecule has 0 spiro atoms. The van der Waals surface area contributed by atoms with Crippen molar-refractivity contribution < 1.29 is 9.47 Å². The third-order valence-corrected chi connectivity index (χ3v) is 6.07. The molecule has 1 aromatic carbocycles. The first kappa shape index (κ1) is 20.9. The first-order valence-corrected chi connectivity index (χ1v) is 11.2. The summed E-state index contributed by atoms with van der Waals surface area (Å²) in [6.45, 7) is 9.04. The number of ether oxygens (including phenoxy) is 2. The molecular formula is C24H30N6O2. The summed E-state index contributed by atoms with van der Waals surface area (Å²) in [4.78, 5) is 16.5. The fourth-order valence-electron chi connectivity index (χ4n) is 4.17. The van der Waals surface area contributed by atoms with E-state index in [0.29, 0.717) is 18.4 Å². The number of hydrogen-bond donors (Lipinski definition) is 2. The zero-order chi connectivity index (χ0) is 22.1. The molecule has 0 unspecified atom stereocenters. The van der Waals surface area contributed by atoms with E-state index in [1.807, 2.05) is 25.3 Å². The first-order chi connectivity index (χ1) is 15.5. The van der Waals surface area contributed by atoms with Crippen molar-refractivity contribution in [3.8, 4) is 5.88 Å². The molecule has 0 radical (unpaired) electrons. The van der Waals surface area contributed by atoms with Gasteiger partial charge in [-0.3, -0.25) is 0 Å². The Balaban J connectivity index is 1.44. The summed E-state index contributed by atoms with van der Waals surface area (Å²) in [5, 5.41) is 7.91. The number of pyridine rings is 1. The second-order valence-electron chi connectivity index (χ2n) is 9.09. The maximum absolute atomic E-state index is 5.84. The predicted octanol–water partition coefficient (Wildman–Crippen LogP) is 3.60. The van der Waals surface area contributed by atoms with Gasteiger partial charge in [0.05, 0.1) is 36.7 Å². The normalized spacial score (nSPS) is 17.5. The van der Waals surface area contributed by atoms with E-state index in [4.69, 9.17) is 19.4 Å². The number of likely N-dealkylation sites (N-methyl/N-ethyl adjacent to an activating group) is 1. The summed E-state index contributed by atoms with van der Waals surface area (Å²) in [6, 6.07) is 8.24. The van der Waals surface area contributed by atoms with Crippen molar-refractivity contribution in [3.63, 3.8) is 0 Å². The van der Waals surface area contributed by atoms with Crippen molar-refractivity contribution in [2.75, 3.05) is 50.6 Å². The Bertz CT molecular complexity index is 1130. The quantitative estimate of drug-likeness (QED) is 0.584. The van der Waals surface area contributed by atoms with Crippen LogP contribution in [0, 0.1) is 5.41 Å². The van der Waals surface area contributed by atoms with Crippen molar-refractivity contribution >= 4 is 28.2 Å². The number of hydrogen-bond acceptors (Lipinski definition) is 8. The van der Waals surface area contributed by atoms with Crippen LogP contribution in [0.25, 0.3) is 10.9 Å². The first-order valence-electron chi connectivity index (χ1n) is 11.2. The van der Waals surface area contributed by atoms with Crippen molar-refractivity contribution in [2.24, 2.45) is 5.41 Å². The van der Waals surface area contributed by atoms with E-state index in [9.17, 15) is 0 Å². The van der Waals surface area contributed by atoms with Crippen molar-refractivity contribution in [1.29, 1.82) is 0 Å². The zero-order valence-electron chi connectivity index (χ0n) is 18.9. The average Bonchev–Trinajstić information content (AvgIpc) is 2.77. The lowest BCUT2D eigenvalue weighted by molar-refractivity contribution is -0.0924. The Labute approximate surface area is 188 Å². The number of nitrogens with one attached hydrogen (secondary N) is 2. The summed E-state index contributed by atoms with van der Waals surface area (Å²) >= 11 is 0. The number of aromatic nitrogens is 3. The molecule has 2 N–H and O–H groups in total. The van der Waals surface area contributed by atoms with Crippen molar-refractivity contribution in [1.82, 2.24) is 19.9 Å². The molecule has 2 aliphatic rings. The highest BCUT2D eigenvalue weighted by Crippen LogP contribution is 2.32. The van der Waals surface area contributed by atoms with E-state index in [1.165, 1.54) is 5.56 Å². The average molecular weight is 435 g/mol. The summed E-state index contributed by atoms with van der Waals surface area (Å²) in [5.74, 6) is 1.13. The van der Waals surface area contributed by atoms with Crippen LogP contribution in [0.15, 0.2) is 30.5 Å². The smallest absolute Gasteiger partial charge is 0.238 e. The molecule has 0 bridgehead atoms. The number of rotatable bonds is 7. The molecule has 0 saturated carbocycles.